The molecular formula is C22H36N8O2S. The zero-order valence-electron chi connectivity index (χ0n) is 19.3. The number of allylic oxidation sites excluding steroid dienone is 1. The van der Waals surface area contributed by atoms with Crippen molar-refractivity contribution in [2.75, 3.05) is 39.4 Å². The van der Waals surface area contributed by atoms with E-state index in [-0.39, 0.29) is 5.50 Å². The lowest BCUT2D eigenvalue weighted by Crippen LogP contribution is -2.43. The Bertz CT molecular complexity index is 855. The summed E-state index contributed by atoms with van der Waals surface area (Å²) >= 11 is 1.51. The van der Waals surface area contributed by atoms with Gasteiger partial charge in [0.05, 0.1) is 5.70 Å². The van der Waals surface area contributed by atoms with Gasteiger partial charge in [-0.15, -0.1) is 0 Å². The standard InChI is InChI=1S/C22H36N8O2S/c1-16(20-15-33-21(25)27-20)28-32-11-10-31-19-5-4-17-13-30(14-18(17)12-19)22(26)29(8-2-6-23)9-3-7-24/h4-5,12,15,21,26-27H,2-3,6-11,13-14,23-25H2,1H3/b26-22?,28-16+. The molecule has 0 spiro atoms. The fourth-order valence-corrected chi connectivity index (χ4v) is 4.36. The van der Waals surface area contributed by atoms with E-state index in [0.29, 0.717) is 38.8 Å². The van der Waals surface area contributed by atoms with Crippen LogP contribution in [0, 0.1) is 5.41 Å². The number of guanidine groups is 1. The van der Waals surface area contributed by atoms with Crippen molar-refractivity contribution in [3.8, 4) is 5.75 Å². The van der Waals surface area contributed by atoms with E-state index in [1.54, 1.807) is 0 Å². The van der Waals surface area contributed by atoms with Crippen molar-refractivity contribution in [1.82, 2.24) is 15.1 Å². The summed E-state index contributed by atoms with van der Waals surface area (Å²) in [4.78, 5) is 9.53. The largest absolute Gasteiger partial charge is 0.490 e. The second-order valence-electron chi connectivity index (χ2n) is 7.97. The van der Waals surface area contributed by atoms with Crippen LogP contribution in [0.5, 0.6) is 5.75 Å². The van der Waals surface area contributed by atoms with Crippen molar-refractivity contribution in [1.29, 1.82) is 5.41 Å². The van der Waals surface area contributed by atoms with Crippen LogP contribution in [0.1, 0.15) is 30.9 Å². The summed E-state index contributed by atoms with van der Waals surface area (Å²) in [5, 5.41) is 17.8. The van der Waals surface area contributed by atoms with Gasteiger partial charge in [0.25, 0.3) is 0 Å². The number of nitrogens with one attached hydrogen (secondary N) is 2. The molecule has 1 aromatic rings. The zero-order valence-corrected chi connectivity index (χ0v) is 20.1. The van der Waals surface area contributed by atoms with Crippen LogP contribution in [-0.2, 0) is 17.9 Å². The number of oxime groups is 1. The molecule has 1 atom stereocenters. The number of hydrogen-bond donors (Lipinski definition) is 5. The Hall–Kier alpha value is -2.47. The number of ether oxygens (including phenoxy) is 1. The van der Waals surface area contributed by atoms with Gasteiger partial charge < -0.3 is 41.9 Å². The van der Waals surface area contributed by atoms with E-state index in [9.17, 15) is 0 Å². The monoisotopic (exact) mass is 476 g/mol. The van der Waals surface area contributed by atoms with Crippen LogP contribution in [0.3, 0.4) is 0 Å². The maximum Gasteiger partial charge on any atom is 0.194 e. The molecule has 2 aliphatic heterocycles. The topological polar surface area (TPSA) is 151 Å². The molecule has 0 amide bonds. The van der Waals surface area contributed by atoms with Gasteiger partial charge in [-0.1, -0.05) is 23.0 Å². The lowest BCUT2D eigenvalue weighted by atomic mass is 10.1. The fourth-order valence-electron chi connectivity index (χ4n) is 3.64. The summed E-state index contributed by atoms with van der Waals surface area (Å²) in [6.45, 7) is 6.79. The Morgan fingerprint density at radius 2 is 1.94 bits per heavy atom. The molecular weight excluding hydrogens is 440 g/mol. The van der Waals surface area contributed by atoms with Gasteiger partial charge >= 0.3 is 0 Å². The van der Waals surface area contributed by atoms with Crippen LogP contribution in [0.15, 0.2) is 34.5 Å². The van der Waals surface area contributed by atoms with Crippen molar-refractivity contribution < 1.29 is 9.57 Å². The minimum absolute atomic E-state index is 0.132. The Kier molecular flexibility index (Phi) is 9.67. The highest BCUT2D eigenvalue weighted by Crippen LogP contribution is 2.27. The molecule has 0 saturated heterocycles. The van der Waals surface area contributed by atoms with E-state index >= 15 is 0 Å². The summed E-state index contributed by atoms with van der Waals surface area (Å²) in [6, 6.07) is 6.09. The first-order valence-electron chi connectivity index (χ1n) is 11.3. The Labute approximate surface area is 200 Å². The summed E-state index contributed by atoms with van der Waals surface area (Å²) in [6.07, 6.45) is 1.72. The number of nitrogens with two attached hydrogens (primary N) is 3. The predicted molar refractivity (Wildman–Crippen MR) is 134 cm³/mol. The number of benzene rings is 1. The van der Waals surface area contributed by atoms with Crippen LogP contribution in [-0.4, -0.2) is 66.4 Å². The Morgan fingerprint density at radius 3 is 2.61 bits per heavy atom. The molecule has 3 rings (SSSR count). The quantitative estimate of drug-likeness (QED) is 0.129. The second-order valence-corrected chi connectivity index (χ2v) is 8.99. The third kappa shape index (κ3) is 7.26. The van der Waals surface area contributed by atoms with E-state index < -0.39 is 0 Å². The molecule has 10 nitrogen and oxygen atoms in total. The molecule has 11 heteroatoms. The first kappa shape index (κ1) is 25.2. The van der Waals surface area contributed by atoms with Crippen molar-refractivity contribution >= 4 is 23.4 Å². The van der Waals surface area contributed by atoms with Crippen molar-refractivity contribution in [2.45, 2.75) is 38.4 Å². The first-order chi connectivity index (χ1) is 16.0. The highest BCUT2D eigenvalue weighted by Gasteiger charge is 2.24. The number of nitrogens with zero attached hydrogens (tertiary/aromatic N) is 3. The normalized spacial score (nSPS) is 17.5. The number of fused-ring (bicyclic) bond motifs is 1. The molecule has 1 aromatic carbocycles. The summed E-state index contributed by atoms with van der Waals surface area (Å²) < 4.78 is 5.85. The van der Waals surface area contributed by atoms with E-state index in [0.717, 1.165) is 49.6 Å². The minimum atomic E-state index is -0.132. The van der Waals surface area contributed by atoms with Crippen LogP contribution < -0.4 is 27.3 Å². The molecule has 33 heavy (non-hydrogen) atoms. The van der Waals surface area contributed by atoms with Gasteiger partial charge in [-0.3, -0.25) is 5.41 Å². The number of rotatable bonds is 12. The third-order valence-corrected chi connectivity index (χ3v) is 6.21. The molecule has 0 radical (unpaired) electrons. The second kappa shape index (κ2) is 12.7. The molecule has 0 saturated carbocycles. The molecule has 2 heterocycles. The van der Waals surface area contributed by atoms with E-state index in [1.807, 2.05) is 24.5 Å². The van der Waals surface area contributed by atoms with Crippen molar-refractivity contribution in [3.63, 3.8) is 0 Å². The lowest BCUT2D eigenvalue weighted by Gasteiger charge is -2.30. The molecule has 0 bridgehead atoms. The Morgan fingerprint density at radius 1 is 1.21 bits per heavy atom. The number of thioether (sulfide) groups is 1. The van der Waals surface area contributed by atoms with Gasteiger partial charge in [0.2, 0.25) is 0 Å². The van der Waals surface area contributed by atoms with Gasteiger partial charge in [0.15, 0.2) is 12.6 Å². The molecule has 8 N–H and O–H groups in total. The number of hydrogen-bond acceptors (Lipinski definition) is 9. The third-order valence-electron chi connectivity index (χ3n) is 5.43. The van der Waals surface area contributed by atoms with Crippen LogP contribution in [0.4, 0.5) is 0 Å². The molecule has 0 aliphatic carbocycles. The zero-order chi connectivity index (χ0) is 23.6. The van der Waals surface area contributed by atoms with Gasteiger partial charge in [-0.05, 0) is 61.5 Å². The molecule has 2 aliphatic rings. The molecule has 182 valence electrons. The lowest BCUT2D eigenvalue weighted by molar-refractivity contribution is 0.107. The summed E-state index contributed by atoms with van der Waals surface area (Å²) in [5.41, 5.74) is 21.0. The maximum absolute atomic E-state index is 8.69. The van der Waals surface area contributed by atoms with E-state index in [4.69, 9.17) is 32.2 Å². The van der Waals surface area contributed by atoms with E-state index in [2.05, 4.69) is 26.3 Å². The SMILES string of the molecule is C/C(=N\OCCOc1ccc2c(c1)CN(C(=N)N(CCCN)CCCN)C2)C1=CSC(N)N1. The molecule has 0 aromatic heterocycles. The Balaban J connectivity index is 1.46. The van der Waals surface area contributed by atoms with Crippen LogP contribution in [0.25, 0.3) is 0 Å². The van der Waals surface area contributed by atoms with Crippen molar-refractivity contribution in [2.24, 2.45) is 22.4 Å². The van der Waals surface area contributed by atoms with Gasteiger partial charge in [0.1, 0.15) is 23.6 Å². The fraction of sp³-hybridized carbons (Fsp3) is 0.545. The minimum Gasteiger partial charge on any atom is -0.490 e. The predicted octanol–water partition coefficient (Wildman–Crippen LogP) is 1.13. The van der Waals surface area contributed by atoms with E-state index in [1.165, 1.54) is 22.9 Å². The van der Waals surface area contributed by atoms with Gasteiger partial charge in [-0.25, -0.2) is 0 Å². The first-order valence-corrected chi connectivity index (χ1v) is 12.2. The maximum atomic E-state index is 8.69. The highest BCUT2D eigenvalue weighted by atomic mass is 32.2. The van der Waals surface area contributed by atoms with Gasteiger partial charge in [0, 0.05) is 26.2 Å². The smallest absolute Gasteiger partial charge is 0.194 e. The highest BCUT2D eigenvalue weighted by molar-refractivity contribution is 8.02. The van der Waals surface area contributed by atoms with Crippen LogP contribution in [0.2, 0.25) is 0 Å². The van der Waals surface area contributed by atoms with Crippen molar-refractivity contribution in [3.05, 3.63) is 40.4 Å². The van der Waals surface area contributed by atoms with Gasteiger partial charge in [-0.2, -0.15) is 0 Å². The average Bonchev–Trinajstić information content (AvgIpc) is 3.44. The molecule has 0 fully saturated rings. The average molecular weight is 477 g/mol. The van der Waals surface area contributed by atoms with Crippen LogP contribution >= 0.6 is 11.8 Å². The molecule has 1 unspecified atom stereocenters. The summed E-state index contributed by atoms with van der Waals surface area (Å²) in [5.74, 6) is 1.32. The summed E-state index contributed by atoms with van der Waals surface area (Å²) in [7, 11) is 0.